The summed E-state index contributed by atoms with van der Waals surface area (Å²) in [4.78, 5) is 4.85. The van der Waals surface area contributed by atoms with Crippen LogP contribution in [0, 0.1) is 0 Å². The van der Waals surface area contributed by atoms with E-state index in [1.54, 1.807) is 0 Å². The monoisotopic (exact) mass is 578 g/mol. The van der Waals surface area contributed by atoms with E-state index in [9.17, 15) is 0 Å². The van der Waals surface area contributed by atoms with Gasteiger partial charge in [0.25, 0.3) is 6.71 Å². The number of rotatable bonds is 2. The van der Waals surface area contributed by atoms with E-state index in [-0.39, 0.29) is 12.1 Å². The highest BCUT2D eigenvalue weighted by Crippen LogP contribution is 2.53. The normalized spacial score (nSPS) is 16.6. The molecule has 0 atom stereocenters. The Kier molecular flexibility index (Phi) is 4.99. The van der Waals surface area contributed by atoms with Crippen LogP contribution < -0.4 is 26.2 Å². The fraction of sp³-hybridized carbons (Fsp3) is 0.122. The van der Waals surface area contributed by atoms with Crippen molar-refractivity contribution in [1.29, 1.82) is 0 Å². The number of nitrogens with zero attached hydrogens (tertiary/aromatic N) is 2. The number of hydrogen-bond acceptors (Lipinski definition) is 3. The number of furan rings is 1. The van der Waals surface area contributed by atoms with Gasteiger partial charge < -0.3 is 9.32 Å². The van der Waals surface area contributed by atoms with Crippen molar-refractivity contribution >= 4 is 62.7 Å². The highest BCUT2D eigenvalue weighted by molar-refractivity contribution is 7.01. The van der Waals surface area contributed by atoms with Crippen LogP contribution in [0.15, 0.2) is 138 Å². The molecule has 3 heterocycles. The van der Waals surface area contributed by atoms with Gasteiger partial charge in [-0.25, -0.2) is 0 Å². The lowest BCUT2D eigenvalue weighted by Gasteiger charge is -2.42. The largest absolute Gasteiger partial charge is 0.440 e. The number of allylic oxidation sites excluding steroid dienone is 3. The van der Waals surface area contributed by atoms with Crippen molar-refractivity contribution in [3.05, 3.63) is 144 Å². The third kappa shape index (κ3) is 3.21. The van der Waals surface area contributed by atoms with Gasteiger partial charge in [-0.05, 0) is 88.5 Å². The lowest BCUT2D eigenvalue weighted by Crippen LogP contribution is -2.61. The van der Waals surface area contributed by atoms with Gasteiger partial charge in [0.1, 0.15) is 5.58 Å². The molecule has 4 aliphatic rings. The summed E-state index contributed by atoms with van der Waals surface area (Å²) in [6, 6.07) is 40.0. The fourth-order valence-corrected chi connectivity index (χ4v) is 8.56. The Morgan fingerprint density at radius 1 is 0.667 bits per heavy atom. The number of anilines is 5. The summed E-state index contributed by atoms with van der Waals surface area (Å²) in [5.41, 5.74) is 16.2. The number of benzene rings is 5. The van der Waals surface area contributed by atoms with E-state index in [1.165, 1.54) is 66.8 Å². The van der Waals surface area contributed by atoms with Crippen LogP contribution in [0.4, 0.5) is 28.6 Å². The topological polar surface area (TPSA) is 19.6 Å². The van der Waals surface area contributed by atoms with Gasteiger partial charge in [-0.15, -0.1) is 0 Å². The first-order chi connectivity index (χ1) is 22.1. The van der Waals surface area contributed by atoms with E-state index in [0.29, 0.717) is 0 Å². The molecule has 6 aromatic rings. The van der Waals surface area contributed by atoms with Gasteiger partial charge in [0.05, 0.1) is 0 Å². The Bertz CT molecular complexity index is 2270. The Labute approximate surface area is 263 Å². The summed E-state index contributed by atoms with van der Waals surface area (Å²) in [5, 5.41) is 1.24. The first kappa shape index (κ1) is 25.1. The van der Waals surface area contributed by atoms with Crippen LogP contribution in [0.1, 0.15) is 37.8 Å². The molecular formula is C41H31BN2O. The molecule has 2 aliphatic heterocycles. The molecule has 0 bridgehead atoms. The van der Waals surface area contributed by atoms with Crippen molar-refractivity contribution in [2.45, 2.75) is 32.1 Å². The molecule has 0 unspecified atom stereocenters. The van der Waals surface area contributed by atoms with Crippen LogP contribution in [-0.2, 0) is 5.41 Å². The second-order valence-corrected chi connectivity index (χ2v) is 13.2. The molecule has 0 radical (unpaired) electrons. The van der Waals surface area contributed by atoms with Crippen LogP contribution in [0.5, 0.6) is 0 Å². The van der Waals surface area contributed by atoms with Gasteiger partial charge >= 0.3 is 0 Å². The van der Waals surface area contributed by atoms with E-state index >= 15 is 0 Å². The molecule has 3 nitrogen and oxygen atoms in total. The van der Waals surface area contributed by atoms with Gasteiger partial charge in [-0.2, -0.15) is 0 Å². The smallest absolute Gasteiger partial charge is 0.257 e. The van der Waals surface area contributed by atoms with Crippen molar-refractivity contribution in [3.8, 4) is 11.1 Å². The Hall–Kier alpha value is -5.22. The quantitative estimate of drug-likeness (QED) is 0.191. The standard InChI is InChI=1S/C41H31BN2O/c1-41(2)29-19-10-9-18-28(29)36-30(41)24-25-35-37(36)39-40(45-35)44(27-16-7-4-8-17-27)34-23-13-22-33-38(34)42(39)31-20-11-12-21-32(31)43(33)26-14-5-3-6-15-26/h4-5,7-25H,3,6H2,1-2H3. The molecule has 45 heavy (non-hydrogen) atoms. The second kappa shape index (κ2) is 8.92. The summed E-state index contributed by atoms with van der Waals surface area (Å²) in [7, 11) is 0. The molecule has 0 N–H and O–H groups in total. The lowest BCUT2D eigenvalue weighted by atomic mass is 9.33. The third-order valence-corrected chi connectivity index (χ3v) is 10.5. The van der Waals surface area contributed by atoms with Gasteiger partial charge in [0.15, 0.2) is 0 Å². The number of fused-ring (bicyclic) bond motifs is 10. The van der Waals surface area contributed by atoms with Crippen molar-refractivity contribution < 1.29 is 4.42 Å². The highest BCUT2D eigenvalue weighted by atomic mass is 16.4. The molecule has 2 aliphatic carbocycles. The minimum atomic E-state index is -0.0951. The van der Waals surface area contributed by atoms with Crippen LogP contribution in [0.2, 0.25) is 0 Å². The minimum Gasteiger partial charge on any atom is -0.440 e. The number of para-hydroxylation sites is 2. The first-order valence-corrected chi connectivity index (χ1v) is 16.1. The summed E-state index contributed by atoms with van der Waals surface area (Å²) >= 11 is 0. The molecule has 214 valence electrons. The molecule has 0 fully saturated rings. The molecular weight excluding hydrogens is 547 g/mol. The highest BCUT2D eigenvalue weighted by Gasteiger charge is 2.48. The molecule has 0 saturated carbocycles. The third-order valence-electron chi connectivity index (χ3n) is 10.5. The van der Waals surface area contributed by atoms with E-state index in [1.807, 2.05) is 0 Å². The van der Waals surface area contributed by atoms with Crippen molar-refractivity contribution in [3.63, 3.8) is 0 Å². The van der Waals surface area contributed by atoms with Gasteiger partial charge in [-0.1, -0.05) is 98.8 Å². The summed E-state index contributed by atoms with van der Waals surface area (Å²) in [5.74, 6) is 0.918. The maximum absolute atomic E-state index is 7.07. The van der Waals surface area contributed by atoms with E-state index in [0.717, 1.165) is 30.0 Å². The SMILES string of the molecule is CC1(C)c2ccccc2-c2c1ccc1oc3c(c21)B1c2ccccc2N(C2=CCCC=C2)c2cccc(c21)N3c1ccccc1. The number of hydrogen-bond donors (Lipinski definition) is 0. The van der Waals surface area contributed by atoms with E-state index in [4.69, 9.17) is 4.42 Å². The second-order valence-electron chi connectivity index (χ2n) is 13.2. The van der Waals surface area contributed by atoms with Crippen LogP contribution in [-0.4, -0.2) is 6.71 Å². The zero-order valence-corrected chi connectivity index (χ0v) is 25.4. The average Bonchev–Trinajstić information content (AvgIpc) is 3.58. The van der Waals surface area contributed by atoms with Gasteiger partial charge in [0, 0.05) is 44.7 Å². The maximum atomic E-state index is 7.07. The van der Waals surface area contributed by atoms with E-state index < -0.39 is 0 Å². The predicted octanol–water partition coefficient (Wildman–Crippen LogP) is 8.72. The Morgan fingerprint density at radius 2 is 1.42 bits per heavy atom. The molecule has 0 amide bonds. The van der Waals surface area contributed by atoms with Crippen molar-refractivity contribution in [1.82, 2.24) is 0 Å². The van der Waals surface area contributed by atoms with E-state index in [2.05, 4.69) is 151 Å². The summed E-state index contributed by atoms with van der Waals surface area (Å²) in [6.07, 6.45) is 9.13. The maximum Gasteiger partial charge on any atom is 0.257 e. The lowest BCUT2D eigenvalue weighted by molar-refractivity contribution is 0.622. The average molecular weight is 579 g/mol. The van der Waals surface area contributed by atoms with Crippen LogP contribution >= 0.6 is 0 Å². The van der Waals surface area contributed by atoms with Gasteiger partial charge in [0.2, 0.25) is 5.88 Å². The molecule has 0 spiro atoms. The van der Waals surface area contributed by atoms with Crippen molar-refractivity contribution in [2.24, 2.45) is 0 Å². The van der Waals surface area contributed by atoms with Gasteiger partial charge in [-0.3, -0.25) is 4.90 Å². The van der Waals surface area contributed by atoms with Crippen LogP contribution in [0.25, 0.3) is 22.1 Å². The molecule has 4 heteroatoms. The Morgan fingerprint density at radius 3 is 2.27 bits per heavy atom. The van der Waals surface area contributed by atoms with Crippen LogP contribution in [0.3, 0.4) is 0 Å². The molecule has 0 saturated heterocycles. The molecule has 10 rings (SSSR count). The predicted molar refractivity (Wildman–Crippen MR) is 188 cm³/mol. The summed E-state index contributed by atoms with van der Waals surface area (Å²) < 4.78 is 7.07. The molecule has 5 aromatic carbocycles. The van der Waals surface area contributed by atoms with Crippen molar-refractivity contribution in [2.75, 3.05) is 9.80 Å². The summed E-state index contributed by atoms with van der Waals surface area (Å²) in [6.45, 7) is 4.74. The molecule has 1 aromatic heterocycles. The fourth-order valence-electron chi connectivity index (χ4n) is 8.56. The Balaban J connectivity index is 1.36. The zero-order valence-electron chi connectivity index (χ0n) is 25.4. The minimum absolute atomic E-state index is 0.0235. The zero-order chi connectivity index (χ0) is 29.9. The first-order valence-electron chi connectivity index (χ1n) is 16.1.